The van der Waals surface area contributed by atoms with Crippen LogP contribution in [0.15, 0.2) is 40.8 Å². The van der Waals surface area contributed by atoms with Crippen LogP contribution in [0.5, 0.6) is 0 Å². The summed E-state index contributed by atoms with van der Waals surface area (Å²) in [5.74, 6) is 1.10. The summed E-state index contributed by atoms with van der Waals surface area (Å²) < 4.78 is 16.0. The van der Waals surface area contributed by atoms with Gasteiger partial charge in [0, 0.05) is 6.92 Å². The van der Waals surface area contributed by atoms with Crippen molar-refractivity contribution >= 4 is 12.9 Å². The number of nitrogens with zero attached hydrogens (tertiary/aromatic N) is 2. The van der Waals surface area contributed by atoms with Crippen LogP contribution in [0.25, 0.3) is 0 Å². The minimum Gasteiger partial charge on any atom is -0.463 e. The third kappa shape index (κ3) is 3.90. The maximum absolute atomic E-state index is 10.7. The molecule has 4 rings (SSSR count). The van der Waals surface area contributed by atoms with E-state index in [9.17, 15) is 9.59 Å². The Balaban J connectivity index is 1.93. The van der Waals surface area contributed by atoms with Gasteiger partial charge in [-0.05, 0) is 52.6 Å². The average molecular weight is 434 g/mol. The molecule has 166 valence electrons. The first kappa shape index (κ1) is 21.7. The van der Waals surface area contributed by atoms with E-state index in [1.54, 1.807) is 6.92 Å². The second-order valence-corrected chi connectivity index (χ2v) is 8.08. The molecule has 2 aromatic carbocycles. The second-order valence-electron chi connectivity index (χ2n) is 8.08. The smallest absolute Gasteiger partial charge is 0.293 e. The van der Waals surface area contributed by atoms with Crippen molar-refractivity contribution in [3.63, 3.8) is 0 Å². The predicted octanol–water partition coefficient (Wildman–Crippen LogP) is 3.96. The first-order valence-electron chi connectivity index (χ1n) is 10.8. The van der Waals surface area contributed by atoms with Gasteiger partial charge in [-0.1, -0.05) is 49.7 Å². The van der Waals surface area contributed by atoms with Gasteiger partial charge in [0.1, 0.15) is 13.2 Å². The van der Waals surface area contributed by atoms with E-state index in [1.165, 1.54) is 11.1 Å². The number of hydrogen-bond acceptors (Lipinski definition) is 7. The molecule has 1 aliphatic carbocycles. The van der Waals surface area contributed by atoms with Gasteiger partial charge in [0.2, 0.25) is 11.8 Å². The lowest BCUT2D eigenvalue weighted by atomic mass is 9.69. The molecule has 0 saturated heterocycles. The predicted molar refractivity (Wildman–Crippen MR) is 116 cm³/mol. The van der Waals surface area contributed by atoms with Gasteiger partial charge in [-0.25, -0.2) is 0 Å². The fraction of sp³-hybridized carbons (Fsp3) is 0.360. The Morgan fingerprint density at radius 2 is 1.50 bits per heavy atom. The lowest BCUT2D eigenvalue weighted by Crippen LogP contribution is -2.31. The average Bonchev–Trinajstić information content (AvgIpc) is 3.20. The summed E-state index contributed by atoms with van der Waals surface area (Å²) in [6, 6.07) is 12.4. The maximum atomic E-state index is 10.7. The maximum Gasteiger partial charge on any atom is 0.293 e. The largest absolute Gasteiger partial charge is 0.463 e. The molecule has 0 radical (unpaired) electrons. The zero-order valence-corrected chi connectivity index (χ0v) is 18.3. The zero-order valence-electron chi connectivity index (χ0n) is 18.3. The van der Waals surface area contributed by atoms with Crippen molar-refractivity contribution in [1.82, 2.24) is 10.2 Å². The van der Waals surface area contributed by atoms with Crippen molar-refractivity contribution in [2.75, 3.05) is 0 Å². The number of fused-ring (bicyclic) bond motifs is 2. The van der Waals surface area contributed by atoms with Gasteiger partial charge in [-0.3, -0.25) is 9.59 Å². The number of aromatic nitrogens is 2. The van der Waals surface area contributed by atoms with E-state index >= 15 is 0 Å². The highest BCUT2D eigenvalue weighted by atomic mass is 16.5. The van der Waals surface area contributed by atoms with Gasteiger partial charge < -0.3 is 13.9 Å². The Morgan fingerprint density at radius 1 is 0.938 bits per heavy atom. The van der Waals surface area contributed by atoms with Crippen LogP contribution >= 0.6 is 0 Å². The summed E-state index contributed by atoms with van der Waals surface area (Å²) in [5, 5.41) is 8.63. The Morgan fingerprint density at radius 3 is 1.94 bits per heavy atom. The summed E-state index contributed by atoms with van der Waals surface area (Å²) in [4.78, 5) is 21.3. The number of ether oxygens (including phenoxy) is 2. The van der Waals surface area contributed by atoms with E-state index in [0.29, 0.717) is 24.7 Å². The van der Waals surface area contributed by atoms with Crippen molar-refractivity contribution in [2.24, 2.45) is 0 Å². The molecule has 0 aliphatic heterocycles. The van der Waals surface area contributed by atoms with Crippen molar-refractivity contribution in [3.8, 4) is 0 Å². The van der Waals surface area contributed by atoms with Crippen molar-refractivity contribution < 1.29 is 23.5 Å². The Hall–Kier alpha value is -3.48. The van der Waals surface area contributed by atoms with Crippen LogP contribution in [0.4, 0.5) is 0 Å². The highest BCUT2D eigenvalue weighted by molar-refractivity contribution is 5.55. The molecule has 0 bridgehead atoms. The van der Waals surface area contributed by atoms with Gasteiger partial charge in [0.15, 0.2) is 0 Å². The molecule has 1 aromatic heterocycles. The van der Waals surface area contributed by atoms with Crippen LogP contribution in [-0.2, 0) is 50.5 Å². The molecule has 0 spiro atoms. The standard InChI is InChI=1S/C25H26N2O5/c1-3-10-25(24-27-26-17(2)32-24)22-8-4-18(13-30-15-28)11-20(22)6-7-21-12-19(14-31-16-29)5-9-23(21)25/h4-5,8-9,11-12,15-16H,3,6-7,10,13-14H2,1-2H3. The van der Waals surface area contributed by atoms with Gasteiger partial charge >= 0.3 is 0 Å². The molecule has 32 heavy (non-hydrogen) atoms. The molecule has 0 saturated carbocycles. The molecule has 1 heterocycles. The number of aryl methyl sites for hydroxylation is 3. The monoisotopic (exact) mass is 434 g/mol. The second kappa shape index (κ2) is 9.34. The summed E-state index contributed by atoms with van der Waals surface area (Å²) in [5.41, 5.74) is 5.89. The molecule has 0 fully saturated rings. The van der Waals surface area contributed by atoms with Crippen LogP contribution in [0.2, 0.25) is 0 Å². The highest BCUT2D eigenvalue weighted by Gasteiger charge is 2.44. The molecule has 3 aromatic rings. The molecule has 7 nitrogen and oxygen atoms in total. The molecule has 0 atom stereocenters. The molecule has 0 N–H and O–H groups in total. The van der Waals surface area contributed by atoms with Gasteiger partial charge in [0.05, 0.1) is 5.41 Å². The summed E-state index contributed by atoms with van der Waals surface area (Å²) in [6.45, 7) is 5.34. The lowest BCUT2D eigenvalue weighted by Gasteiger charge is -2.33. The van der Waals surface area contributed by atoms with Crippen LogP contribution in [0.1, 0.15) is 64.9 Å². The van der Waals surface area contributed by atoms with E-state index in [0.717, 1.165) is 47.9 Å². The van der Waals surface area contributed by atoms with Gasteiger partial charge in [0.25, 0.3) is 12.9 Å². The molecule has 1 aliphatic rings. The van der Waals surface area contributed by atoms with Crippen LogP contribution < -0.4 is 0 Å². The Bertz CT molecular complexity index is 1060. The zero-order chi connectivity index (χ0) is 22.6. The first-order valence-corrected chi connectivity index (χ1v) is 10.8. The minimum absolute atomic E-state index is 0.233. The molecule has 0 unspecified atom stereocenters. The molecule has 0 amide bonds. The van der Waals surface area contributed by atoms with Crippen LogP contribution in [0.3, 0.4) is 0 Å². The first-order chi connectivity index (χ1) is 15.6. The van der Waals surface area contributed by atoms with Crippen molar-refractivity contribution in [2.45, 2.75) is 58.2 Å². The summed E-state index contributed by atoms with van der Waals surface area (Å²) >= 11 is 0. The van der Waals surface area contributed by atoms with E-state index < -0.39 is 5.41 Å². The number of hydrogen-bond donors (Lipinski definition) is 0. The third-order valence-electron chi connectivity index (χ3n) is 6.07. The number of carbonyl (C=O) groups excluding carboxylic acids is 2. The van der Waals surface area contributed by atoms with Gasteiger partial charge in [-0.15, -0.1) is 10.2 Å². The highest BCUT2D eigenvalue weighted by Crippen LogP contribution is 2.47. The van der Waals surface area contributed by atoms with Crippen molar-refractivity contribution in [1.29, 1.82) is 0 Å². The topological polar surface area (TPSA) is 91.5 Å². The number of benzene rings is 2. The Labute approximate surface area is 186 Å². The number of carbonyl (C=O) groups is 2. The molecule has 7 heteroatoms. The van der Waals surface area contributed by atoms with E-state index in [4.69, 9.17) is 13.9 Å². The van der Waals surface area contributed by atoms with Crippen molar-refractivity contribution in [3.05, 3.63) is 81.6 Å². The number of rotatable bonds is 9. The third-order valence-corrected chi connectivity index (χ3v) is 6.07. The summed E-state index contributed by atoms with van der Waals surface area (Å²) in [6.07, 6.45) is 3.33. The SMILES string of the molecule is CCCC1(c2nnc(C)o2)c2ccc(COC=O)cc2CCc2cc(COC=O)ccc21. The van der Waals surface area contributed by atoms with Crippen LogP contribution in [0, 0.1) is 6.92 Å². The fourth-order valence-corrected chi connectivity index (χ4v) is 4.85. The van der Waals surface area contributed by atoms with E-state index in [1.807, 2.05) is 12.1 Å². The lowest BCUT2D eigenvalue weighted by molar-refractivity contribution is -0.130. The molecular formula is C25H26N2O5. The molecular weight excluding hydrogens is 408 g/mol. The normalized spacial score (nSPS) is 14.1. The quantitative estimate of drug-likeness (QED) is 0.471. The summed E-state index contributed by atoms with van der Waals surface area (Å²) in [7, 11) is 0. The Kier molecular flexibility index (Phi) is 6.35. The minimum atomic E-state index is -0.592. The van der Waals surface area contributed by atoms with Crippen LogP contribution in [-0.4, -0.2) is 23.1 Å². The fourth-order valence-electron chi connectivity index (χ4n) is 4.85. The van der Waals surface area contributed by atoms with Gasteiger partial charge in [-0.2, -0.15) is 0 Å². The van der Waals surface area contributed by atoms with E-state index in [2.05, 4.69) is 41.4 Å². The van der Waals surface area contributed by atoms with E-state index in [-0.39, 0.29) is 13.2 Å².